The highest BCUT2D eigenvalue weighted by atomic mass is 16.6. The predicted octanol–water partition coefficient (Wildman–Crippen LogP) is 1.90. The second kappa shape index (κ2) is 9.24. The fourth-order valence-corrected chi connectivity index (χ4v) is 4.11. The molecule has 3 aromatic heterocycles. The molecule has 1 saturated heterocycles. The van der Waals surface area contributed by atoms with Crippen LogP contribution < -0.4 is 19.9 Å². The van der Waals surface area contributed by atoms with Crippen LogP contribution in [0, 0.1) is 0 Å². The van der Waals surface area contributed by atoms with Gasteiger partial charge in [-0.3, -0.25) is 14.6 Å². The summed E-state index contributed by atoms with van der Waals surface area (Å²) in [7, 11) is 3.07. The molecule has 1 amide bonds. The molecule has 3 aromatic rings. The van der Waals surface area contributed by atoms with Crippen molar-refractivity contribution >= 4 is 11.6 Å². The zero-order valence-corrected chi connectivity index (χ0v) is 18.9. The summed E-state index contributed by atoms with van der Waals surface area (Å²) in [6.07, 6.45) is 3.13. The van der Waals surface area contributed by atoms with E-state index in [1.165, 1.54) is 13.2 Å². The third-order valence-electron chi connectivity index (χ3n) is 5.85. The van der Waals surface area contributed by atoms with E-state index in [-0.39, 0.29) is 17.6 Å². The van der Waals surface area contributed by atoms with Crippen LogP contribution in [0.2, 0.25) is 0 Å². The largest absolute Gasteiger partial charge is 0.491 e. The number of rotatable bonds is 6. The normalized spacial score (nSPS) is 17.5. The lowest BCUT2D eigenvalue weighted by Gasteiger charge is -2.24. The van der Waals surface area contributed by atoms with E-state index in [2.05, 4.69) is 4.98 Å². The molecule has 1 fully saturated rings. The first-order valence-corrected chi connectivity index (χ1v) is 10.9. The molecule has 0 aliphatic carbocycles. The Labute approximate surface area is 195 Å². The quantitative estimate of drug-likeness (QED) is 0.545. The molecule has 0 saturated carbocycles. The van der Waals surface area contributed by atoms with E-state index in [9.17, 15) is 9.59 Å². The summed E-state index contributed by atoms with van der Waals surface area (Å²) < 4.78 is 23.2. The number of carbonyl (C=O) groups excluding carboxylic acids is 1. The minimum atomic E-state index is -0.201. The van der Waals surface area contributed by atoms with E-state index < -0.39 is 0 Å². The Balaban J connectivity index is 1.40. The van der Waals surface area contributed by atoms with Crippen LogP contribution in [-0.4, -0.2) is 60.6 Å². The molecule has 0 aromatic carbocycles. The van der Waals surface area contributed by atoms with Crippen LogP contribution in [0.5, 0.6) is 11.6 Å². The number of aromatic nitrogens is 3. The Morgan fingerprint density at radius 3 is 2.76 bits per heavy atom. The van der Waals surface area contributed by atoms with Gasteiger partial charge in [0.05, 0.1) is 75.9 Å². The van der Waals surface area contributed by atoms with Gasteiger partial charge in [0.25, 0.3) is 17.3 Å². The molecule has 176 valence electrons. The van der Waals surface area contributed by atoms with E-state index in [4.69, 9.17) is 23.9 Å². The van der Waals surface area contributed by atoms with Crippen LogP contribution in [0.25, 0.3) is 11.3 Å². The lowest BCUT2D eigenvalue weighted by atomic mass is 10.1. The molecule has 34 heavy (non-hydrogen) atoms. The van der Waals surface area contributed by atoms with Gasteiger partial charge in [-0.15, -0.1) is 0 Å². The van der Waals surface area contributed by atoms with Gasteiger partial charge in [-0.2, -0.15) is 0 Å². The van der Waals surface area contributed by atoms with Gasteiger partial charge < -0.3 is 28.4 Å². The van der Waals surface area contributed by atoms with Crippen molar-refractivity contribution in [3.63, 3.8) is 0 Å². The van der Waals surface area contributed by atoms with E-state index >= 15 is 0 Å². The van der Waals surface area contributed by atoms with E-state index in [1.807, 2.05) is 0 Å². The third kappa shape index (κ3) is 4.13. The topological polar surface area (TPSA) is 105 Å². The minimum absolute atomic E-state index is 0.163. The molecule has 0 radical (unpaired) electrons. The molecule has 2 aliphatic rings. The predicted molar refractivity (Wildman–Crippen MR) is 122 cm³/mol. The van der Waals surface area contributed by atoms with Crippen molar-refractivity contribution in [3.8, 4) is 22.9 Å². The molecule has 5 rings (SSSR count). The molecule has 5 heterocycles. The number of methoxy groups -OCH3 is 2. The zero-order chi connectivity index (χ0) is 23.7. The summed E-state index contributed by atoms with van der Waals surface area (Å²) in [4.78, 5) is 36.1. The number of ether oxygens (including phenoxy) is 4. The Morgan fingerprint density at radius 1 is 1.12 bits per heavy atom. The fourth-order valence-electron chi connectivity index (χ4n) is 4.11. The number of hydrogen-bond donors (Lipinski definition) is 0. The number of anilines is 1. The smallest absolute Gasteiger partial charge is 0.260 e. The second-order valence-electron chi connectivity index (χ2n) is 7.96. The van der Waals surface area contributed by atoms with Crippen molar-refractivity contribution in [2.45, 2.75) is 19.2 Å². The van der Waals surface area contributed by atoms with Crippen LogP contribution in [0.4, 0.5) is 5.69 Å². The van der Waals surface area contributed by atoms with E-state index in [1.54, 1.807) is 53.2 Å². The molecule has 10 heteroatoms. The Kier molecular flexibility index (Phi) is 5.99. The summed E-state index contributed by atoms with van der Waals surface area (Å²) in [5.41, 5.74) is 3.05. The number of hydrogen-bond acceptors (Lipinski definition) is 8. The molecular formula is C24H24N4O6. The van der Waals surface area contributed by atoms with Crippen molar-refractivity contribution in [3.05, 3.63) is 64.3 Å². The van der Waals surface area contributed by atoms with Crippen molar-refractivity contribution in [2.75, 3.05) is 38.9 Å². The fraction of sp³-hybridized carbons (Fsp3) is 0.333. The van der Waals surface area contributed by atoms with Gasteiger partial charge in [-0.25, -0.2) is 4.98 Å². The van der Waals surface area contributed by atoms with Gasteiger partial charge in [-0.05, 0) is 24.3 Å². The van der Waals surface area contributed by atoms with Crippen molar-refractivity contribution in [1.82, 2.24) is 14.5 Å². The van der Waals surface area contributed by atoms with Gasteiger partial charge >= 0.3 is 0 Å². The zero-order valence-electron chi connectivity index (χ0n) is 18.9. The monoisotopic (exact) mass is 464 g/mol. The van der Waals surface area contributed by atoms with Crippen molar-refractivity contribution in [2.24, 2.45) is 0 Å². The van der Waals surface area contributed by atoms with Crippen LogP contribution in [0.1, 0.15) is 16.1 Å². The average molecular weight is 464 g/mol. The lowest BCUT2D eigenvalue weighted by Crippen LogP contribution is -2.35. The number of amides is 1. The highest BCUT2D eigenvalue weighted by Crippen LogP contribution is 2.32. The number of fused-ring (bicyclic) bond motifs is 1. The third-order valence-corrected chi connectivity index (χ3v) is 5.85. The lowest BCUT2D eigenvalue weighted by molar-refractivity contribution is -0.0938. The first-order chi connectivity index (χ1) is 16.6. The summed E-state index contributed by atoms with van der Waals surface area (Å²) in [5.74, 6) is 0.714. The maximum Gasteiger partial charge on any atom is 0.260 e. The van der Waals surface area contributed by atoms with Crippen LogP contribution >= 0.6 is 0 Å². The van der Waals surface area contributed by atoms with E-state index in [0.29, 0.717) is 67.2 Å². The Bertz CT molecular complexity index is 1280. The maximum atomic E-state index is 13.1. The van der Waals surface area contributed by atoms with E-state index in [0.717, 1.165) is 5.56 Å². The standard InChI is InChI=1S/C24H24N4O6/c1-31-21-9-15(10-25-23(21)32-2)19-5-4-18-20(26-19)13-28(24(18)30)16-3-6-22(29)27(11-16)12-17-14-33-7-8-34-17/h3-6,9-11,17H,7-8,12-14H2,1-2H3. The van der Waals surface area contributed by atoms with Crippen LogP contribution in [0.3, 0.4) is 0 Å². The first kappa shape index (κ1) is 22.1. The van der Waals surface area contributed by atoms with Gasteiger partial charge in [0.2, 0.25) is 0 Å². The van der Waals surface area contributed by atoms with Gasteiger partial charge in [0.1, 0.15) is 0 Å². The summed E-state index contributed by atoms with van der Waals surface area (Å²) in [6, 6.07) is 8.45. The molecule has 10 nitrogen and oxygen atoms in total. The minimum Gasteiger partial charge on any atom is -0.491 e. The van der Waals surface area contributed by atoms with Crippen molar-refractivity contribution in [1.29, 1.82) is 0 Å². The summed E-state index contributed by atoms with van der Waals surface area (Å²) >= 11 is 0. The first-order valence-electron chi connectivity index (χ1n) is 10.9. The number of carbonyl (C=O) groups is 1. The number of pyridine rings is 3. The number of nitrogens with zero attached hydrogens (tertiary/aromatic N) is 4. The SMILES string of the molecule is COc1cc(-c2ccc3c(n2)CN(c2ccc(=O)n(CC4COCCO4)c2)C3=O)cnc1OC. The van der Waals surface area contributed by atoms with Crippen LogP contribution in [0.15, 0.2) is 47.5 Å². The van der Waals surface area contributed by atoms with Gasteiger partial charge in [0, 0.05) is 24.0 Å². The molecule has 0 spiro atoms. The molecule has 2 aliphatic heterocycles. The second-order valence-corrected chi connectivity index (χ2v) is 7.96. The summed E-state index contributed by atoms with van der Waals surface area (Å²) in [5, 5.41) is 0. The maximum absolute atomic E-state index is 13.1. The molecule has 1 unspecified atom stereocenters. The Morgan fingerprint density at radius 2 is 2.00 bits per heavy atom. The van der Waals surface area contributed by atoms with Crippen LogP contribution in [-0.2, 0) is 22.6 Å². The van der Waals surface area contributed by atoms with Crippen molar-refractivity contribution < 1.29 is 23.7 Å². The van der Waals surface area contributed by atoms with Gasteiger partial charge in [0.15, 0.2) is 5.75 Å². The Hall–Kier alpha value is -3.76. The highest BCUT2D eigenvalue weighted by molar-refractivity contribution is 6.09. The molecule has 0 bridgehead atoms. The molecule has 0 N–H and O–H groups in total. The highest BCUT2D eigenvalue weighted by Gasteiger charge is 2.30. The average Bonchev–Trinajstić information content (AvgIpc) is 3.21. The summed E-state index contributed by atoms with van der Waals surface area (Å²) in [6.45, 7) is 2.14. The molecular weight excluding hydrogens is 440 g/mol. The molecule has 1 atom stereocenters. The van der Waals surface area contributed by atoms with Gasteiger partial charge in [-0.1, -0.05) is 0 Å².